The van der Waals surface area contributed by atoms with Gasteiger partial charge in [0.1, 0.15) is 0 Å². The van der Waals surface area contributed by atoms with E-state index in [2.05, 4.69) is 18.8 Å². The third-order valence-electron chi connectivity index (χ3n) is 3.44. The van der Waals surface area contributed by atoms with Crippen LogP contribution in [-0.2, 0) is 0 Å². The molecule has 0 bridgehead atoms. The number of hydrogen-bond donors (Lipinski definition) is 1. The zero-order valence-electron chi connectivity index (χ0n) is 10.4. The summed E-state index contributed by atoms with van der Waals surface area (Å²) < 4.78 is 0. The summed E-state index contributed by atoms with van der Waals surface area (Å²) in [7, 11) is 0. The SMILES string of the molecule is CC1CCN(C(=O)c2ncccc2N)C(C)C1. The van der Waals surface area contributed by atoms with Gasteiger partial charge >= 0.3 is 0 Å². The Hall–Kier alpha value is -1.58. The number of anilines is 1. The van der Waals surface area contributed by atoms with Gasteiger partial charge in [0.25, 0.3) is 5.91 Å². The van der Waals surface area contributed by atoms with Crippen LogP contribution in [0.1, 0.15) is 37.2 Å². The highest BCUT2D eigenvalue weighted by atomic mass is 16.2. The molecule has 17 heavy (non-hydrogen) atoms. The Morgan fingerprint density at radius 1 is 1.53 bits per heavy atom. The highest BCUT2D eigenvalue weighted by molar-refractivity contribution is 5.97. The Kier molecular flexibility index (Phi) is 3.31. The molecule has 1 amide bonds. The van der Waals surface area contributed by atoms with Crippen LogP contribution in [0, 0.1) is 5.92 Å². The normalized spacial score (nSPS) is 24.7. The summed E-state index contributed by atoms with van der Waals surface area (Å²) in [5, 5.41) is 0. The second-order valence-electron chi connectivity index (χ2n) is 4.92. The first kappa shape index (κ1) is 11.9. The topological polar surface area (TPSA) is 59.2 Å². The van der Waals surface area contributed by atoms with Crippen LogP contribution in [0.2, 0.25) is 0 Å². The van der Waals surface area contributed by atoms with Gasteiger partial charge in [-0.1, -0.05) is 6.92 Å². The minimum Gasteiger partial charge on any atom is -0.397 e. The first-order valence-corrected chi connectivity index (χ1v) is 6.11. The lowest BCUT2D eigenvalue weighted by atomic mass is 9.93. The van der Waals surface area contributed by atoms with E-state index in [1.165, 1.54) is 0 Å². The number of nitrogens with two attached hydrogens (primary N) is 1. The highest BCUT2D eigenvalue weighted by Gasteiger charge is 2.28. The molecule has 2 rings (SSSR count). The molecule has 1 aliphatic heterocycles. The van der Waals surface area contributed by atoms with E-state index in [0.717, 1.165) is 19.4 Å². The molecule has 1 aliphatic rings. The largest absolute Gasteiger partial charge is 0.397 e. The van der Waals surface area contributed by atoms with E-state index in [0.29, 0.717) is 17.3 Å². The van der Waals surface area contributed by atoms with E-state index in [-0.39, 0.29) is 11.9 Å². The molecule has 1 aromatic heterocycles. The van der Waals surface area contributed by atoms with E-state index in [1.54, 1.807) is 18.3 Å². The zero-order chi connectivity index (χ0) is 12.4. The average molecular weight is 233 g/mol. The molecule has 1 saturated heterocycles. The molecule has 0 saturated carbocycles. The molecule has 92 valence electrons. The van der Waals surface area contributed by atoms with Crippen molar-refractivity contribution in [3.05, 3.63) is 24.0 Å². The summed E-state index contributed by atoms with van der Waals surface area (Å²) in [6.07, 6.45) is 3.72. The highest BCUT2D eigenvalue weighted by Crippen LogP contribution is 2.24. The number of carbonyl (C=O) groups excluding carboxylic acids is 1. The van der Waals surface area contributed by atoms with Crippen LogP contribution >= 0.6 is 0 Å². The second kappa shape index (κ2) is 4.73. The average Bonchev–Trinajstić information content (AvgIpc) is 2.29. The van der Waals surface area contributed by atoms with Gasteiger partial charge in [0, 0.05) is 18.8 Å². The van der Waals surface area contributed by atoms with Crippen LogP contribution in [0.3, 0.4) is 0 Å². The summed E-state index contributed by atoms with van der Waals surface area (Å²) in [4.78, 5) is 18.3. The first-order chi connectivity index (χ1) is 8.09. The van der Waals surface area contributed by atoms with E-state index in [9.17, 15) is 4.79 Å². The predicted molar refractivity (Wildman–Crippen MR) is 67.5 cm³/mol. The Balaban J connectivity index is 2.18. The van der Waals surface area contributed by atoms with Crippen molar-refractivity contribution in [1.29, 1.82) is 0 Å². The van der Waals surface area contributed by atoms with Crippen molar-refractivity contribution in [2.45, 2.75) is 32.7 Å². The van der Waals surface area contributed by atoms with Gasteiger partial charge in [0.05, 0.1) is 5.69 Å². The Labute approximate surface area is 102 Å². The number of aromatic nitrogens is 1. The number of nitrogens with zero attached hydrogens (tertiary/aromatic N) is 2. The summed E-state index contributed by atoms with van der Waals surface area (Å²) in [6, 6.07) is 3.73. The maximum atomic E-state index is 12.3. The number of carbonyl (C=O) groups is 1. The van der Waals surface area contributed by atoms with Gasteiger partial charge in [-0.2, -0.15) is 0 Å². The number of amides is 1. The Morgan fingerprint density at radius 3 is 2.94 bits per heavy atom. The van der Waals surface area contributed by atoms with Crippen molar-refractivity contribution in [2.24, 2.45) is 5.92 Å². The lowest BCUT2D eigenvalue weighted by molar-refractivity contribution is 0.0584. The molecule has 4 heteroatoms. The van der Waals surface area contributed by atoms with Crippen molar-refractivity contribution >= 4 is 11.6 Å². The minimum absolute atomic E-state index is 0.0394. The fourth-order valence-electron chi connectivity index (χ4n) is 2.44. The Bertz CT molecular complexity index is 419. The van der Waals surface area contributed by atoms with Crippen molar-refractivity contribution in [2.75, 3.05) is 12.3 Å². The van der Waals surface area contributed by atoms with Gasteiger partial charge in [0.2, 0.25) is 0 Å². The van der Waals surface area contributed by atoms with Gasteiger partial charge < -0.3 is 10.6 Å². The lowest BCUT2D eigenvalue weighted by Crippen LogP contribution is -2.44. The van der Waals surface area contributed by atoms with Crippen LogP contribution in [-0.4, -0.2) is 28.4 Å². The fraction of sp³-hybridized carbons (Fsp3) is 0.538. The Morgan fingerprint density at radius 2 is 2.29 bits per heavy atom. The third-order valence-corrected chi connectivity index (χ3v) is 3.44. The fourth-order valence-corrected chi connectivity index (χ4v) is 2.44. The maximum Gasteiger partial charge on any atom is 0.274 e. The zero-order valence-corrected chi connectivity index (χ0v) is 10.4. The number of likely N-dealkylation sites (tertiary alicyclic amines) is 1. The number of nitrogen functional groups attached to an aromatic ring is 1. The third kappa shape index (κ3) is 2.40. The molecule has 2 N–H and O–H groups in total. The molecular weight excluding hydrogens is 214 g/mol. The molecule has 0 spiro atoms. The van der Waals surface area contributed by atoms with E-state index in [4.69, 9.17) is 5.73 Å². The van der Waals surface area contributed by atoms with Gasteiger partial charge in [0.15, 0.2) is 5.69 Å². The lowest BCUT2D eigenvalue weighted by Gasteiger charge is -2.36. The maximum absolute atomic E-state index is 12.3. The standard InChI is InChI=1S/C13H19N3O/c1-9-5-7-16(10(2)8-9)13(17)12-11(14)4-3-6-15-12/h3-4,6,9-10H,5,7-8,14H2,1-2H3. The number of hydrogen-bond acceptors (Lipinski definition) is 3. The minimum atomic E-state index is -0.0394. The molecule has 1 aromatic rings. The second-order valence-corrected chi connectivity index (χ2v) is 4.92. The smallest absolute Gasteiger partial charge is 0.274 e. The predicted octanol–water partition coefficient (Wildman–Crippen LogP) is 1.92. The van der Waals surface area contributed by atoms with Gasteiger partial charge in [-0.3, -0.25) is 4.79 Å². The molecule has 1 fully saturated rings. The molecular formula is C13H19N3O. The van der Waals surface area contributed by atoms with Crippen LogP contribution in [0.15, 0.2) is 18.3 Å². The summed E-state index contributed by atoms with van der Waals surface area (Å²) in [6.45, 7) is 5.12. The summed E-state index contributed by atoms with van der Waals surface area (Å²) in [5.41, 5.74) is 6.64. The monoisotopic (exact) mass is 233 g/mol. The quantitative estimate of drug-likeness (QED) is 0.806. The molecule has 2 heterocycles. The molecule has 4 nitrogen and oxygen atoms in total. The van der Waals surface area contributed by atoms with Crippen LogP contribution in [0.5, 0.6) is 0 Å². The van der Waals surface area contributed by atoms with Crippen LogP contribution < -0.4 is 5.73 Å². The van der Waals surface area contributed by atoms with Crippen molar-refractivity contribution in [1.82, 2.24) is 9.88 Å². The number of piperidine rings is 1. The number of pyridine rings is 1. The molecule has 0 aromatic carbocycles. The molecule has 2 atom stereocenters. The first-order valence-electron chi connectivity index (χ1n) is 6.11. The van der Waals surface area contributed by atoms with Gasteiger partial charge in [-0.15, -0.1) is 0 Å². The van der Waals surface area contributed by atoms with Crippen molar-refractivity contribution in [3.8, 4) is 0 Å². The van der Waals surface area contributed by atoms with E-state index >= 15 is 0 Å². The van der Waals surface area contributed by atoms with Gasteiger partial charge in [-0.25, -0.2) is 4.98 Å². The van der Waals surface area contributed by atoms with Crippen molar-refractivity contribution < 1.29 is 4.79 Å². The summed E-state index contributed by atoms with van der Waals surface area (Å²) >= 11 is 0. The van der Waals surface area contributed by atoms with Gasteiger partial charge in [-0.05, 0) is 37.8 Å². The van der Waals surface area contributed by atoms with Crippen LogP contribution in [0.4, 0.5) is 5.69 Å². The number of rotatable bonds is 1. The molecule has 2 unspecified atom stereocenters. The summed E-state index contributed by atoms with van der Waals surface area (Å²) in [5.74, 6) is 0.651. The molecule has 0 aliphatic carbocycles. The van der Waals surface area contributed by atoms with E-state index in [1.807, 2.05) is 4.90 Å². The van der Waals surface area contributed by atoms with E-state index < -0.39 is 0 Å². The van der Waals surface area contributed by atoms with Crippen LogP contribution in [0.25, 0.3) is 0 Å². The molecule has 0 radical (unpaired) electrons. The van der Waals surface area contributed by atoms with Crippen molar-refractivity contribution in [3.63, 3.8) is 0 Å².